The Morgan fingerprint density at radius 3 is 2.39 bits per heavy atom. The molecule has 0 spiro atoms. The zero-order valence-corrected chi connectivity index (χ0v) is 17.5. The highest BCUT2D eigenvalue weighted by Gasteiger charge is 2.62. The summed E-state index contributed by atoms with van der Waals surface area (Å²) in [5.74, 6) is 1.31. The van der Waals surface area contributed by atoms with Crippen LogP contribution in [-0.2, 0) is 5.41 Å². The summed E-state index contributed by atoms with van der Waals surface area (Å²) in [4.78, 5) is 0. The fourth-order valence-electron chi connectivity index (χ4n) is 8.09. The molecule has 0 radical (unpaired) electrons. The summed E-state index contributed by atoms with van der Waals surface area (Å²) in [6, 6.07) is 16.9. The quantitative estimate of drug-likeness (QED) is 0.575. The van der Waals surface area contributed by atoms with Crippen LogP contribution < -0.4 is 0 Å². The van der Waals surface area contributed by atoms with E-state index in [-0.39, 0.29) is 0 Å². The molecule has 4 aliphatic rings. The molecule has 2 aromatic carbocycles. The number of benzene rings is 2. The summed E-state index contributed by atoms with van der Waals surface area (Å²) in [5.41, 5.74) is 5.06. The maximum atomic E-state index is 10.6. The lowest BCUT2D eigenvalue weighted by molar-refractivity contribution is -0.131. The number of rotatable bonds is 5. The van der Waals surface area contributed by atoms with Gasteiger partial charge in [0.15, 0.2) is 0 Å². The van der Waals surface area contributed by atoms with Crippen molar-refractivity contribution in [2.75, 3.05) is 0 Å². The standard InChI is InChI=1S/C27H34O/c1-3-12-26-15-20-14-25(4-2,17-26)18-27(16-20,19-26)22-10-11-24(28)23(13-22)21-8-6-5-7-9-21/h5-11,13,20,28H,3-4,12,14-19H2,1-2H3. The van der Waals surface area contributed by atoms with Gasteiger partial charge in [0, 0.05) is 5.56 Å². The van der Waals surface area contributed by atoms with Crippen LogP contribution in [0.3, 0.4) is 0 Å². The molecule has 4 unspecified atom stereocenters. The van der Waals surface area contributed by atoms with Gasteiger partial charge in [0.25, 0.3) is 0 Å². The predicted octanol–water partition coefficient (Wildman–Crippen LogP) is 7.48. The number of hydrogen-bond donors (Lipinski definition) is 1. The lowest BCUT2D eigenvalue weighted by Gasteiger charge is -2.67. The van der Waals surface area contributed by atoms with E-state index < -0.39 is 0 Å². The van der Waals surface area contributed by atoms with E-state index in [4.69, 9.17) is 0 Å². The highest BCUT2D eigenvalue weighted by atomic mass is 16.3. The van der Waals surface area contributed by atoms with E-state index >= 15 is 0 Å². The van der Waals surface area contributed by atoms with Crippen molar-refractivity contribution >= 4 is 0 Å². The molecule has 0 amide bonds. The summed E-state index contributed by atoms with van der Waals surface area (Å²) < 4.78 is 0. The van der Waals surface area contributed by atoms with E-state index in [0.717, 1.165) is 17.0 Å². The highest BCUT2D eigenvalue weighted by Crippen LogP contribution is 2.72. The molecule has 2 aromatic rings. The van der Waals surface area contributed by atoms with Crippen LogP contribution in [0.5, 0.6) is 5.75 Å². The molecular weight excluding hydrogens is 340 g/mol. The number of aromatic hydroxyl groups is 1. The van der Waals surface area contributed by atoms with Crippen molar-refractivity contribution < 1.29 is 5.11 Å². The van der Waals surface area contributed by atoms with Crippen molar-refractivity contribution in [2.24, 2.45) is 16.7 Å². The van der Waals surface area contributed by atoms with E-state index in [2.05, 4.69) is 50.2 Å². The van der Waals surface area contributed by atoms with Crippen LogP contribution in [0, 0.1) is 16.7 Å². The van der Waals surface area contributed by atoms with E-state index in [1.807, 2.05) is 12.1 Å². The van der Waals surface area contributed by atoms with E-state index in [1.165, 1.54) is 63.4 Å². The van der Waals surface area contributed by atoms with Crippen molar-refractivity contribution in [3.8, 4) is 16.9 Å². The fourth-order valence-corrected chi connectivity index (χ4v) is 8.09. The maximum Gasteiger partial charge on any atom is 0.123 e. The largest absolute Gasteiger partial charge is 0.507 e. The second-order valence-corrected chi connectivity index (χ2v) is 10.5. The average Bonchev–Trinajstić information content (AvgIpc) is 2.68. The molecule has 6 rings (SSSR count). The third kappa shape index (κ3) is 2.73. The Bertz CT molecular complexity index is 871. The first-order valence-corrected chi connectivity index (χ1v) is 11.4. The smallest absolute Gasteiger partial charge is 0.123 e. The van der Waals surface area contributed by atoms with Crippen LogP contribution in [0.1, 0.15) is 77.2 Å². The summed E-state index contributed by atoms with van der Waals surface area (Å²) in [5, 5.41) is 10.6. The third-order valence-electron chi connectivity index (χ3n) is 8.52. The van der Waals surface area contributed by atoms with Crippen molar-refractivity contribution in [3.05, 3.63) is 54.1 Å². The minimum Gasteiger partial charge on any atom is -0.507 e. The molecule has 28 heavy (non-hydrogen) atoms. The molecule has 148 valence electrons. The van der Waals surface area contributed by atoms with E-state index in [1.54, 1.807) is 0 Å². The van der Waals surface area contributed by atoms with Gasteiger partial charge in [-0.25, -0.2) is 0 Å². The highest BCUT2D eigenvalue weighted by molar-refractivity contribution is 5.71. The van der Waals surface area contributed by atoms with Gasteiger partial charge < -0.3 is 5.11 Å². The Balaban J connectivity index is 1.61. The minimum absolute atomic E-state index is 0.321. The van der Waals surface area contributed by atoms with Crippen molar-refractivity contribution in [1.29, 1.82) is 0 Å². The zero-order valence-electron chi connectivity index (χ0n) is 17.5. The zero-order chi connectivity index (χ0) is 19.4. The monoisotopic (exact) mass is 374 g/mol. The van der Waals surface area contributed by atoms with Crippen LogP contribution in [0.25, 0.3) is 11.1 Å². The lowest BCUT2D eigenvalue weighted by Crippen LogP contribution is -2.58. The number of hydrogen-bond acceptors (Lipinski definition) is 1. The topological polar surface area (TPSA) is 20.2 Å². The molecular formula is C27H34O. The van der Waals surface area contributed by atoms with E-state index in [0.29, 0.717) is 22.0 Å². The molecule has 0 aromatic heterocycles. The first-order valence-electron chi connectivity index (χ1n) is 11.4. The molecule has 0 aliphatic heterocycles. The Morgan fingerprint density at radius 1 is 0.893 bits per heavy atom. The summed E-state index contributed by atoms with van der Waals surface area (Å²) in [6.07, 6.45) is 12.5. The van der Waals surface area contributed by atoms with Gasteiger partial charge in [0.05, 0.1) is 0 Å². The normalized spacial score (nSPS) is 36.0. The van der Waals surface area contributed by atoms with Crippen molar-refractivity contribution in [1.82, 2.24) is 0 Å². The third-order valence-corrected chi connectivity index (χ3v) is 8.52. The Labute approximate surface area is 170 Å². The van der Waals surface area contributed by atoms with Crippen LogP contribution in [0.2, 0.25) is 0 Å². The van der Waals surface area contributed by atoms with Gasteiger partial charge in [-0.1, -0.05) is 63.1 Å². The molecule has 0 saturated heterocycles. The lowest BCUT2D eigenvalue weighted by atomic mass is 9.37. The minimum atomic E-state index is 0.321. The summed E-state index contributed by atoms with van der Waals surface area (Å²) in [6.45, 7) is 4.81. The Hall–Kier alpha value is -1.76. The summed E-state index contributed by atoms with van der Waals surface area (Å²) >= 11 is 0. The predicted molar refractivity (Wildman–Crippen MR) is 116 cm³/mol. The van der Waals surface area contributed by atoms with Crippen LogP contribution in [0.4, 0.5) is 0 Å². The van der Waals surface area contributed by atoms with Gasteiger partial charge in [-0.15, -0.1) is 0 Å². The first-order chi connectivity index (χ1) is 13.5. The van der Waals surface area contributed by atoms with Gasteiger partial charge >= 0.3 is 0 Å². The SMILES string of the molecule is CCCC12CC3CC(CC)(C1)CC(c1ccc(O)c(-c4ccccc4)c1)(C3)C2. The summed E-state index contributed by atoms with van der Waals surface area (Å²) in [7, 11) is 0. The Kier molecular flexibility index (Phi) is 4.16. The second-order valence-electron chi connectivity index (χ2n) is 10.5. The molecule has 1 heteroatoms. The van der Waals surface area contributed by atoms with Gasteiger partial charge in [-0.3, -0.25) is 0 Å². The average molecular weight is 375 g/mol. The van der Waals surface area contributed by atoms with Crippen molar-refractivity contribution in [2.45, 2.75) is 77.0 Å². The number of phenolic OH excluding ortho intramolecular Hbond substituents is 1. The molecule has 4 atom stereocenters. The fraction of sp³-hybridized carbons (Fsp3) is 0.556. The molecule has 1 nitrogen and oxygen atoms in total. The molecule has 4 fully saturated rings. The molecule has 4 saturated carbocycles. The van der Waals surface area contributed by atoms with Crippen LogP contribution in [0.15, 0.2) is 48.5 Å². The Morgan fingerprint density at radius 2 is 1.64 bits per heavy atom. The molecule has 4 bridgehead atoms. The van der Waals surface area contributed by atoms with Gasteiger partial charge in [-0.2, -0.15) is 0 Å². The van der Waals surface area contributed by atoms with Gasteiger partial charge in [0.2, 0.25) is 0 Å². The van der Waals surface area contributed by atoms with Gasteiger partial charge in [0.1, 0.15) is 5.75 Å². The second kappa shape index (κ2) is 6.37. The van der Waals surface area contributed by atoms with Crippen molar-refractivity contribution in [3.63, 3.8) is 0 Å². The van der Waals surface area contributed by atoms with E-state index in [9.17, 15) is 5.11 Å². The first kappa shape index (κ1) is 18.3. The van der Waals surface area contributed by atoms with Crippen LogP contribution >= 0.6 is 0 Å². The number of phenols is 1. The molecule has 1 N–H and O–H groups in total. The van der Waals surface area contributed by atoms with Crippen LogP contribution in [-0.4, -0.2) is 5.11 Å². The molecule has 4 aliphatic carbocycles. The molecule has 0 heterocycles. The maximum absolute atomic E-state index is 10.6. The van der Waals surface area contributed by atoms with Gasteiger partial charge in [-0.05, 0) is 90.4 Å².